The summed E-state index contributed by atoms with van der Waals surface area (Å²) in [4.78, 5) is 60.2. The number of ketones is 2. The minimum Gasteiger partial charge on any atom is -0.456 e. The summed E-state index contributed by atoms with van der Waals surface area (Å²) in [5, 5.41) is 25.8. The first-order valence-electron chi connectivity index (χ1n) is 23.5. The number of cyclic esters (lactones) is 1. The predicted molar refractivity (Wildman–Crippen MR) is 244 cm³/mol. The molecule has 3 fully saturated rings. The third-order valence-corrected chi connectivity index (χ3v) is 14.3. The van der Waals surface area contributed by atoms with Crippen molar-refractivity contribution in [3.05, 3.63) is 71.8 Å². The second-order valence-corrected chi connectivity index (χ2v) is 19.2. The van der Waals surface area contributed by atoms with Gasteiger partial charge in [-0.3, -0.25) is 19.7 Å². The molecule has 2 bridgehead atoms. The summed E-state index contributed by atoms with van der Waals surface area (Å²) in [6, 6.07) is 8.51. The van der Waals surface area contributed by atoms with Gasteiger partial charge in [0, 0.05) is 58.6 Å². The summed E-state index contributed by atoms with van der Waals surface area (Å²) >= 11 is 0. The highest BCUT2D eigenvalue weighted by atomic mass is 16.6. The fraction of sp³-hybridized carbons (Fsp3) is 0.686. The molecule has 1 aromatic rings. The monoisotopic (exact) mass is 893 g/mol. The van der Waals surface area contributed by atoms with Crippen LogP contribution in [0, 0.1) is 29.6 Å². The Morgan fingerprint density at radius 1 is 0.906 bits per heavy atom. The van der Waals surface area contributed by atoms with Crippen molar-refractivity contribution in [2.75, 3.05) is 27.9 Å². The zero-order valence-corrected chi connectivity index (χ0v) is 39.5. The minimum absolute atomic E-state index is 0.00248. The molecule has 13 nitrogen and oxygen atoms in total. The number of Topliss-reactive ketones (excluding diaryl/α,β-unsaturated/α-hetero) is 2. The van der Waals surface area contributed by atoms with Crippen LogP contribution in [-0.4, -0.2) is 121 Å². The number of aliphatic hydroxyl groups excluding tert-OH is 2. The van der Waals surface area contributed by atoms with E-state index in [4.69, 9.17) is 23.7 Å². The molecule has 0 aromatic heterocycles. The molecule has 2 saturated heterocycles. The number of fused-ring (bicyclic) bond motifs is 3. The number of esters is 1. The molecule has 3 heterocycles. The number of nitrogens with zero attached hydrogens (tertiary/aromatic N) is 1. The highest BCUT2D eigenvalue weighted by Gasteiger charge is 2.57. The summed E-state index contributed by atoms with van der Waals surface area (Å²) in [6.07, 6.45) is 5.85. The zero-order valence-electron chi connectivity index (χ0n) is 39.5. The molecular weight excluding hydrogens is 817 g/mol. The van der Waals surface area contributed by atoms with Crippen LogP contribution in [-0.2, 0) is 49.4 Å². The second-order valence-electron chi connectivity index (χ2n) is 19.2. The number of carbonyl (C=O) groups excluding carboxylic acids is 4. The lowest BCUT2D eigenvalue weighted by molar-refractivity contribution is -0.244. The number of hydrogen-bond donors (Lipinski definition) is 3. The lowest BCUT2D eigenvalue weighted by Gasteiger charge is -2.50. The van der Waals surface area contributed by atoms with Gasteiger partial charge in [-0.15, -0.1) is 6.58 Å². The number of piperidine rings is 1. The Labute approximate surface area is 381 Å². The number of amides is 1. The Kier molecular flexibility index (Phi) is 19.1. The van der Waals surface area contributed by atoms with Crippen molar-refractivity contribution >= 4 is 23.4 Å². The van der Waals surface area contributed by atoms with Crippen molar-refractivity contribution < 1.29 is 53.1 Å². The van der Waals surface area contributed by atoms with E-state index in [1.807, 2.05) is 63.3 Å². The fourth-order valence-electron chi connectivity index (χ4n) is 10.6. The van der Waals surface area contributed by atoms with Gasteiger partial charge in [0.1, 0.15) is 24.0 Å². The molecule has 1 aliphatic carbocycles. The molecule has 1 unspecified atom stereocenters. The van der Waals surface area contributed by atoms with Crippen LogP contribution in [0.3, 0.4) is 0 Å². The van der Waals surface area contributed by atoms with E-state index < -0.39 is 83.8 Å². The van der Waals surface area contributed by atoms with E-state index in [9.17, 15) is 24.6 Å². The van der Waals surface area contributed by atoms with E-state index in [2.05, 4.69) is 18.8 Å². The second kappa shape index (κ2) is 23.8. The molecular formula is C51H76N2O11. The number of carbonyl (C=O) groups is 4. The van der Waals surface area contributed by atoms with E-state index in [0.717, 1.165) is 11.1 Å². The molecule has 3 N–H and O–H groups in total. The van der Waals surface area contributed by atoms with E-state index in [0.29, 0.717) is 63.4 Å². The maximum atomic E-state index is 15.2. The smallest absolute Gasteiger partial charge is 0.329 e. The zero-order chi connectivity index (χ0) is 46.7. The minimum atomic E-state index is -1.81. The molecule has 356 valence electrons. The van der Waals surface area contributed by atoms with Crippen LogP contribution in [0.25, 0.3) is 0 Å². The van der Waals surface area contributed by atoms with Crippen LogP contribution < -0.4 is 5.32 Å². The van der Waals surface area contributed by atoms with Gasteiger partial charge in [0.15, 0.2) is 5.72 Å². The van der Waals surface area contributed by atoms with E-state index in [1.54, 1.807) is 34.3 Å². The van der Waals surface area contributed by atoms with Crippen LogP contribution >= 0.6 is 0 Å². The first-order chi connectivity index (χ1) is 30.6. The van der Waals surface area contributed by atoms with Gasteiger partial charge in [-0.1, -0.05) is 74.9 Å². The Morgan fingerprint density at radius 2 is 1.59 bits per heavy atom. The van der Waals surface area contributed by atoms with Crippen molar-refractivity contribution in [3.63, 3.8) is 0 Å². The normalized spacial score (nSPS) is 37.7. The Balaban J connectivity index is 1.60. The SMILES string of the molecule is C=CC[C@@H]1/C=C(\C)C[C@H](C)C[C@H](OC)[C@H]2OC(NCc3ccccc3)(C(=O)C(=O)N3CCCC[C@H]3C(=O)O[C@H](/C(C)=C/[C@@H]3CC[C@@H](O)[C@H](OC)C3)[C@H](C)[C@@H](O)CC1=O)[C@H](C)C[C@@H]2OC. The van der Waals surface area contributed by atoms with E-state index in [-0.39, 0.29) is 49.7 Å². The highest BCUT2D eigenvalue weighted by molar-refractivity contribution is 6.39. The van der Waals surface area contributed by atoms with Crippen LogP contribution in [0.4, 0.5) is 0 Å². The van der Waals surface area contributed by atoms with Crippen molar-refractivity contribution in [2.24, 2.45) is 29.6 Å². The molecule has 0 spiro atoms. The van der Waals surface area contributed by atoms with Crippen LogP contribution in [0.2, 0.25) is 0 Å². The predicted octanol–water partition coefficient (Wildman–Crippen LogP) is 6.44. The average Bonchev–Trinajstić information content (AvgIpc) is 3.29. The van der Waals surface area contributed by atoms with Gasteiger partial charge in [-0.05, 0) is 101 Å². The Morgan fingerprint density at radius 3 is 2.27 bits per heavy atom. The average molecular weight is 893 g/mol. The van der Waals surface area contributed by atoms with Crippen molar-refractivity contribution in [3.8, 4) is 0 Å². The van der Waals surface area contributed by atoms with Crippen LogP contribution in [0.1, 0.15) is 111 Å². The van der Waals surface area contributed by atoms with Gasteiger partial charge in [0.05, 0.1) is 30.5 Å². The molecule has 64 heavy (non-hydrogen) atoms. The molecule has 13 heteroatoms. The summed E-state index contributed by atoms with van der Waals surface area (Å²) in [7, 11) is 4.79. The van der Waals surface area contributed by atoms with Gasteiger partial charge < -0.3 is 38.8 Å². The lowest BCUT2D eigenvalue weighted by atomic mass is 9.80. The topological polar surface area (TPSA) is 170 Å². The number of methoxy groups -OCH3 is 3. The number of benzene rings is 1. The quantitative estimate of drug-likeness (QED) is 0.134. The third-order valence-electron chi connectivity index (χ3n) is 14.3. The molecule has 1 aromatic carbocycles. The number of nitrogens with one attached hydrogen (secondary N) is 1. The molecule has 1 saturated carbocycles. The maximum Gasteiger partial charge on any atom is 0.329 e. The molecule has 14 atom stereocenters. The van der Waals surface area contributed by atoms with E-state index in [1.165, 1.54) is 4.90 Å². The summed E-state index contributed by atoms with van der Waals surface area (Å²) in [5.41, 5.74) is 0.755. The largest absolute Gasteiger partial charge is 0.456 e. The lowest BCUT2D eigenvalue weighted by Crippen LogP contribution is -2.70. The number of allylic oxidation sites excluding steroid dienone is 4. The number of aliphatic hydroxyl groups is 2. The van der Waals surface area contributed by atoms with Crippen LogP contribution in [0.5, 0.6) is 0 Å². The molecule has 0 radical (unpaired) electrons. The molecule has 1 amide bonds. The van der Waals surface area contributed by atoms with Gasteiger partial charge >= 0.3 is 5.97 Å². The summed E-state index contributed by atoms with van der Waals surface area (Å²) in [6.45, 7) is 13.9. The van der Waals surface area contributed by atoms with Crippen LogP contribution in [0.15, 0.2) is 66.3 Å². The first kappa shape index (κ1) is 51.4. The van der Waals surface area contributed by atoms with Gasteiger partial charge in [-0.2, -0.15) is 0 Å². The Hall–Kier alpha value is -3.56. The fourth-order valence-corrected chi connectivity index (χ4v) is 10.6. The van der Waals surface area contributed by atoms with Crippen molar-refractivity contribution in [1.29, 1.82) is 0 Å². The van der Waals surface area contributed by atoms with Gasteiger partial charge in [-0.25, -0.2) is 4.79 Å². The van der Waals surface area contributed by atoms with Crippen molar-refractivity contribution in [2.45, 2.75) is 166 Å². The van der Waals surface area contributed by atoms with Gasteiger partial charge in [0.2, 0.25) is 0 Å². The first-order valence-corrected chi connectivity index (χ1v) is 23.5. The highest BCUT2D eigenvalue weighted by Crippen LogP contribution is 2.40. The molecule has 3 aliphatic heterocycles. The van der Waals surface area contributed by atoms with Gasteiger partial charge in [0.25, 0.3) is 11.7 Å². The number of hydrogen-bond acceptors (Lipinski definition) is 12. The number of rotatable bonds is 10. The molecule has 4 aliphatic rings. The third kappa shape index (κ3) is 12.5. The standard InChI is InChI=1S/C51H76N2O11/c1-10-16-38-24-31(2)23-32(3)25-44(61-8)47-45(62-9)27-34(5)51(64-47,52-30-36-17-12-11-13-18-36)48(57)49(58)53-22-15-14-19-39(53)50(59)63-46(35(6)41(55)29-42(38)56)33(4)26-37-20-21-40(54)43(28-37)60-7/h10-13,17-18,24,26,32,34-35,37-41,43-47,52,54-55H,1,14-16,19-23,25,27-30H2,2-9H3/b31-24+,33-26+/t32-,34+,35+,37-,38+,39-,40+,41-,43+,44-,45-,46+,47+,51?/m0/s1. The van der Waals surface area contributed by atoms with E-state index >= 15 is 4.79 Å². The van der Waals surface area contributed by atoms with Crippen molar-refractivity contribution in [1.82, 2.24) is 10.2 Å². The Bertz CT molecular complexity index is 1800. The summed E-state index contributed by atoms with van der Waals surface area (Å²) < 4.78 is 31.2. The summed E-state index contributed by atoms with van der Waals surface area (Å²) in [5.74, 6) is -4.25. The molecule has 5 rings (SSSR count). The maximum absolute atomic E-state index is 15.2. The number of ether oxygens (including phenoxy) is 5.